The zero-order valence-electron chi connectivity index (χ0n) is 17.5. The first-order valence-electron chi connectivity index (χ1n) is 9.91. The molecule has 1 N–H and O–H groups in total. The van der Waals surface area contributed by atoms with Gasteiger partial charge in [0.1, 0.15) is 22.5 Å². The maximum atomic E-state index is 12.3. The number of carbonyl (C=O) groups is 1. The molecular formula is C24H16N4O5S. The molecule has 0 fully saturated rings. The Balaban J connectivity index is 1.59. The number of amides is 1. The molecule has 0 aliphatic rings. The Morgan fingerprint density at radius 2 is 2.06 bits per heavy atom. The fourth-order valence-corrected chi connectivity index (χ4v) is 3.76. The van der Waals surface area contributed by atoms with Crippen molar-refractivity contribution in [3.63, 3.8) is 0 Å². The first-order valence-corrected chi connectivity index (χ1v) is 10.8. The van der Waals surface area contributed by atoms with Crippen molar-refractivity contribution in [1.82, 2.24) is 4.98 Å². The molecule has 0 aliphatic carbocycles. The highest BCUT2D eigenvalue weighted by Crippen LogP contribution is 2.31. The average molecular weight is 472 g/mol. The molecule has 168 valence electrons. The third-order valence-corrected chi connectivity index (χ3v) is 5.42. The number of nitrogens with zero attached hydrogens (tertiary/aromatic N) is 3. The number of furan rings is 1. The van der Waals surface area contributed by atoms with E-state index >= 15 is 0 Å². The van der Waals surface area contributed by atoms with Crippen molar-refractivity contribution < 1.29 is 18.9 Å². The standard InChI is InChI=1S/C24H16N4O5S/c25-13-17(24-27-20(15-34-24)22-7-4-10-32-22)11-16-12-19(28(30)31)8-9-21(16)33-14-23(29)26-18-5-2-1-3-6-18/h1-12,15H,14H2,(H,26,29)/b17-11+. The molecule has 0 aliphatic heterocycles. The van der Waals surface area contributed by atoms with Gasteiger partial charge < -0.3 is 14.5 Å². The molecule has 0 saturated heterocycles. The van der Waals surface area contributed by atoms with Crippen molar-refractivity contribution >= 4 is 40.3 Å². The second-order valence-electron chi connectivity index (χ2n) is 6.87. The van der Waals surface area contributed by atoms with Crippen molar-refractivity contribution in [3.8, 4) is 23.3 Å². The number of thiazole rings is 1. The summed E-state index contributed by atoms with van der Waals surface area (Å²) in [5, 5.41) is 25.9. The van der Waals surface area contributed by atoms with Gasteiger partial charge in [0, 0.05) is 28.8 Å². The van der Waals surface area contributed by atoms with Crippen LogP contribution < -0.4 is 10.1 Å². The third-order valence-electron chi connectivity index (χ3n) is 4.55. The molecule has 0 saturated carbocycles. The lowest BCUT2D eigenvalue weighted by atomic mass is 10.1. The molecule has 4 aromatic rings. The summed E-state index contributed by atoms with van der Waals surface area (Å²) in [4.78, 5) is 27.4. The van der Waals surface area contributed by atoms with Crippen LogP contribution in [0.4, 0.5) is 11.4 Å². The number of carbonyl (C=O) groups excluding carboxylic acids is 1. The Morgan fingerprint density at radius 3 is 2.76 bits per heavy atom. The summed E-state index contributed by atoms with van der Waals surface area (Å²) >= 11 is 1.23. The summed E-state index contributed by atoms with van der Waals surface area (Å²) in [5.74, 6) is 0.371. The van der Waals surface area contributed by atoms with Crippen molar-refractivity contribution in [2.75, 3.05) is 11.9 Å². The lowest BCUT2D eigenvalue weighted by molar-refractivity contribution is -0.384. The van der Waals surface area contributed by atoms with Crippen LogP contribution in [0.2, 0.25) is 0 Å². The molecule has 0 unspecified atom stereocenters. The number of rotatable bonds is 8. The van der Waals surface area contributed by atoms with Gasteiger partial charge >= 0.3 is 0 Å². The Kier molecular flexibility index (Phi) is 6.76. The van der Waals surface area contributed by atoms with E-state index in [1.54, 1.807) is 41.8 Å². The second-order valence-corrected chi connectivity index (χ2v) is 7.73. The molecule has 0 atom stereocenters. The molecule has 1 amide bonds. The number of allylic oxidation sites excluding steroid dienone is 1. The highest BCUT2D eigenvalue weighted by atomic mass is 32.1. The van der Waals surface area contributed by atoms with E-state index in [1.807, 2.05) is 6.07 Å². The minimum Gasteiger partial charge on any atom is -0.483 e. The number of nitrogens with one attached hydrogen (secondary N) is 1. The van der Waals surface area contributed by atoms with Gasteiger partial charge in [-0.05, 0) is 36.4 Å². The van der Waals surface area contributed by atoms with Crippen LogP contribution in [-0.2, 0) is 4.79 Å². The van der Waals surface area contributed by atoms with Gasteiger partial charge in [-0.1, -0.05) is 18.2 Å². The number of para-hydroxylation sites is 1. The van der Waals surface area contributed by atoms with E-state index in [0.29, 0.717) is 22.1 Å². The smallest absolute Gasteiger partial charge is 0.270 e. The van der Waals surface area contributed by atoms with Crippen molar-refractivity contribution in [1.29, 1.82) is 5.26 Å². The molecule has 0 radical (unpaired) electrons. The molecule has 2 heterocycles. The molecule has 4 rings (SSSR count). The number of non-ortho nitro benzene ring substituents is 1. The topological polar surface area (TPSA) is 131 Å². The van der Waals surface area contributed by atoms with Gasteiger partial charge in [-0.3, -0.25) is 14.9 Å². The van der Waals surface area contributed by atoms with Crippen LogP contribution in [0.5, 0.6) is 5.75 Å². The molecule has 2 aromatic carbocycles. The van der Waals surface area contributed by atoms with Crippen LogP contribution >= 0.6 is 11.3 Å². The molecule has 10 heteroatoms. The maximum absolute atomic E-state index is 12.3. The van der Waals surface area contributed by atoms with Crippen molar-refractivity contribution in [2.24, 2.45) is 0 Å². The third kappa shape index (κ3) is 5.35. The molecule has 9 nitrogen and oxygen atoms in total. The van der Waals surface area contributed by atoms with Crippen molar-refractivity contribution in [3.05, 3.63) is 93.0 Å². The number of ether oxygens (including phenoxy) is 1. The Hall–Kier alpha value is -4.75. The van der Waals surface area contributed by atoms with E-state index in [-0.39, 0.29) is 29.2 Å². The summed E-state index contributed by atoms with van der Waals surface area (Å²) in [6, 6.07) is 18.4. The van der Waals surface area contributed by atoms with E-state index in [9.17, 15) is 20.2 Å². The number of benzene rings is 2. The van der Waals surface area contributed by atoms with Gasteiger partial charge in [0.25, 0.3) is 11.6 Å². The molecule has 0 bridgehead atoms. The van der Waals surface area contributed by atoms with Crippen LogP contribution in [0.1, 0.15) is 10.6 Å². The van der Waals surface area contributed by atoms with E-state index in [0.717, 1.165) is 0 Å². The summed E-state index contributed by atoms with van der Waals surface area (Å²) in [6.45, 7) is -0.324. The normalized spacial score (nSPS) is 11.0. The molecule has 2 aromatic heterocycles. The molecule has 34 heavy (non-hydrogen) atoms. The maximum Gasteiger partial charge on any atom is 0.270 e. The van der Waals surface area contributed by atoms with E-state index in [1.165, 1.54) is 41.9 Å². The number of nitro benzene ring substituents is 1. The summed E-state index contributed by atoms with van der Waals surface area (Å²) in [5.41, 5.74) is 1.46. The second kappa shape index (κ2) is 10.2. The Bertz CT molecular complexity index is 1390. The highest BCUT2D eigenvalue weighted by Gasteiger charge is 2.16. The predicted molar refractivity (Wildman–Crippen MR) is 127 cm³/mol. The lowest BCUT2D eigenvalue weighted by Crippen LogP contribution is -2.20. The van der Waals surface area contributed by atoms with Gasteiger partial charge in [-0.25, -0.2) is 4.98 Å². The quantitative estimate of drug-likeness (QED) is 0.206. The average Bonchev–Trinajstić information content (AvgIpc) is 3.54. The number of hydrogen-bond donors (Lipinski definition) is 1. The van der Waals surface area contributed by atoms with Crippen LogP contribution in [0, 0.1) is 21.4 Å². The van der Waals surface area contributed by atoms with E-state index < -0.39 is 10.8 Å². The van der Waals surface area contributed by atoms with Gasteiger partial charge in [-0.15, -0.1) is 11.3 Å². The summed E-state index contributed by atoms with van der Waals surface area (Å²) < 4.78 is 11.0. The van der Waals surface area contributed by atoms with E-state index in [2.05, 4.69) is 16.4 Å². The zero-order chi connectivity index (χ0) is 23.9. The number of hydrogen-bond acceptors (Lipinski definition) is 8. The van der Waals surface area contributed by atoms with Crippen LogP contribution in [0.3, 0.4) is 0 Å². The predicted octanol–water partition coefficient (Wildman–Crippen LogP) is 5.39. The molecular weight excluding hydrogens is 456 g/mol. The van der Waals surface area contributed by atoms with Gasteiger partial charge in [0.2, 0.25) is 0 Å². The van der Waals surface area contributed by atoms with Crippen LogP contribution in [-0.4, -0.2) is 22.4 Å². The minimum atomic E-state index is -0.548. The Morgan fingerprint density at radius 1 is 1.24 bits per heavy atom. The monoisotopic (exact) mass is 472 g/mol. The summed E-state index contributed by atoms with van der Waals surface area (Å²) in [6.07, 6.45) is 2.97. The van der Waals surface area contributed by atoms with E-state index in [4.69, 9.17) is 9.15 Å². The van der Waals surface area contributed by atoms with Crippen molar-refractivity contribution in [2.45, 2.75) is 0 Å². The van der Waals surface area contributed by atoms with Gasteiger partial charge in [-0.2, -0.15) is 5.26 Å². The SMILES string of the molecule is N#C/C(=C\c1cc([N+](=O)[O-])ccc1OCC(=O)Nc1ccccc1)c1nc(-c2ccco2)cs1. The Labute approximate surface area is 197 Å². The minimum absolute atomic E-state index is 0.181. The highest BCUT2D eigenvalue weighted by molar-refractivity contribution is 7.11. The zero-order valence-corrected chi connectivity index (χ0v) is 18.3. The fourth-order valence-electron chi connectivity index (χ4n) is 2.99. The van der Waals surface area contributed by atoms with Crippen LogP contribution in [0.25, 0.3) is 23.1 Å². The van der Waals surface area contributed by atoms with Gasteiger partial charge in [0.15, 0.2) is 12.4 Å². The molecule has 0 spiro atoms. The summed E-state index contributed by atoms with van der Waals surface area (Å²) in [7, 11) is 0. The first-order chi connectivity index (χ1) is 16.5. The number of anilines is 1. The fraction of sp³-hybridized carbons (Fsp3) is 0.0417. The number of nitriles is 1. The lowest BCUT2D eigenvalue weighted by Gasteiger charge is -2.10. The largest absolute Gasteiger partial charge is 0.483 e. The first kappa shape index (κ1) is 22.4. The number of aromatic nitrogens is 1. The van der Waals surface area contributed by atoms with Crippen LogP contribution in [0.15, 0.2) is 76.7 Å². The van der Waals surface area contributed by atoms with Gasteiger partial charge in [0.05, 0.1) is 16.8 Å². The number of nitro groups is 1.